The van der Waals surface area contributed by atoms with Crippen molar-refractivity contribution in [3.05, 3.63) is 90.5 Å². The third kappa shape index (κ3) is 4.99. The van der Waals surface area contributed by atoms with E-state index in [1.807, 2.05) is 42.5 Å². The van der Waals surface area contributed by atoms with Crippen molar-refractivity contribution in [1.29, 1.82) is 5.26 Å². The molecule has 0 saturated carbocycles. The van der Waals surface area contributed by atoms with Crippen LogP contribution in [0.4, 0.5) is 11.4 Å². The van der Waals surface area contributed by atoms with E-state index in [-0.39, 0.29) is 22.9 Å². The molecule has 4 aromatic rings. The lowest BCUT2D eigenvalue weighted by molar-refractivity contribution is 0.102. The number of fused-ring (bicyclic) bond motifs is 1. The number of phenols is 1. The van der Waals surface area contributed by atoms with Gasteiger partial charge in [-0.3, -0.25) is 25.2 Å². The Labute approximate surface area is 213 Å². The molecular formula is C28H23N7O2. The van der Waals surface area contributed by atoms with Gasteiger partial charge in [-0.05, 0) is 30.0 Å². The van der Waals surface area contributed by atoms with Gasteiger partial charge in [-0.25, -0.2) is 0 Å². The Hall–Kier alpha value is -5.10. The van der Waals surface area contributed by atoms with Gasteiger partial charge in [0.25, 0.3) is 5.91 Å². The standard InChI is InChI=1S/C28H23N7O2/c29-15-19-16-30-11-10-22(24-17-31-12-13-32-24)25(19)34-35-26-21-9-5-4-6-18(21)14-23(27(26)36)28(37)33-20-7-2-1-3-8-20/h1-9,12-14,16-17,19,22,35-36H,10-11H2,(H,33,37)/b34-25-. The number of hydrazone groups is 1. The molecule has 1 aliphatic rings. The number of rotatable bonds is 5. The van der Waals surface area contributed by atoms with Gasteiger partial charge < -0.3 is 10.4 Å². The molecule has 9 heteroatoms. The van der Waals surface area contributed by atoms with Crippen LogP contribution in [0.25, 0.3) is 10.8 Å². The molecule has 5 rings (SSSR count). The number of aromatic nitrogens is 2. The van der Waals surface area contributed by atoms with Crippen LogP contribution in [0, 0.1) is 17.2 Å². The number of aliphatic imine (C=N–C) groups is 1. The maximum atomic E-state index is 13.1. The van der Waals surface area contributed by atoms with Crippen LogP contribution in [0.3, 0.4) is 0 Å². The summed E-state index contributed by atoms with van der Waals surface area (Å²) in [4.78, 5) is 26.0. The average Bonchev–Trinajstić information content (AvgIpc) is 3.15. The second-order valence-corrected chi connectivity index (χ2v) is 8.47. The Morgan fingerprint density at radius 2 is 1.92 bits per heavy atom. The van der Waals surface area contributed by atoms with E-state index in [2.05, 4.69) is 36.9 Å². The summed E-state index contributed by atoms with van der Waals surface area (Å²) in [5.41, 5.74) is 5.12. The predicted molar refractivity (Wildman–Crippen MR) is 143 cm³/mol. The molecule has 0 bridgehead atoms. The number of para-hydroxylation sites is 1. The van der Waals surface area contributed by atoms with Crippen molar-refractivity contribution in [2.75, 3.05) is 17.3 Å². The number of hydrogen-bond acceptors (Lipinski definition) is 8. The molecule has 37 heavy (non-hydrogen) atoms. The first kappa shape index (κ1) is 23.6. The first-order valence-electron chi connectivity index (χ1n) is 11.8. The molecule has 2 unspecified atom stereocenters. The third-order valence-corrected chi connectivity index (χ3v) is 6.15. The highest BCUT2D eigenvalue weighted by atomic mass is 16.3. The fraction of sp³-hybridized carbons (Fsp3) is 0.143. The van der Waals surface area contributed by atoms with Gasteiger partial charge in [-0.2, -0.15) is 10.4 Å². The van der Waals surface area contributed by atoms with E-state index in [9.17, 15) is 15.2 Å². The van der Waals surface area contributed by atoms with E-state index in [0.29, 0.717) is 35.4 Å². The second kappa shape index (κ2) is 10.7. The molecule has 1 aliphatic heterocycles. The Kier molecular flexibility index (Phi) is 6.81. The molecule has 0 aliphatic carbocycles. The highest BCUT2D eigenvalue weighted by Gasteiger charge is 2.29. The summed E-state index contributed by atoms with van der Waals surface area (Å²) in [6.07, 6.45) is 7.02. The number of anilines is 2. The van der Waals surface area contributed by atoms with Gasteiger partial charge in [0.15, 0.2) is 5.75 Å². The zero-order chi connectivity index (χ0) is 25.6. The molecule has 182 valence electrons. The van der Waals surface area contributed by atoms with Gasteiger partial charge in [-0.1, -0.05) is 42.5 Å². The molecule has 3 aromatic carbocycles. The largest absolute Gasteiger partial charge is 0.505 e. The van der Waals surface area contributed by atoms with Crippen molar-refractivity contribution >= 4 is 40.0 Å². The maximum Gasteiger partial charge on any atom is 0.259 e. The Morgan fingerprint density at radius 1 is 1.11 bits per heavy atom. The number of aromatic hydroxyl groups is 1. The first-order valence-corrected chi connectivity index (χ1v) is 11.8. The zero-order valence-electron chi connectivity index (χ0n) is 19.7. The highest BCUT2D eigenvalue weighted by molar-refractivity contribution is 6.12. The molecule has 0 radical (unpaired) electrons. The number of phenolic OH excluding ortho intramolecular Hbond substituents is 1. The summed E-state index contributed by atoms with van der Waals surface area (Å²) in [5, 5.41) is 29.9. The number of amides is 1. The summed E-state index contributed by atoms with van der Waals surface area (Å²) >= 11 is 0. The molecule has 1 amide bonds. The summed E-state index contributed by atoms with van der Waals surface area (Å²) < 4.78 is 0. The summed E-state index contributed by atoms with van der Waals surface area (Å²) in [7, 11) is 0. The van der Waals surface area contributed by atoms with Crippen molar-refractivity contribution in [3.63, 3.8) is 0 Å². The topological polar surface area (TPSA) is 136 Å². The van der Waals surface area contributed by atoms with Crippen molar-refractivity contribution in [2.24, 2.45) is 16.0 Å². The van der Waals surface area contributed by atoms with Crippen molar-refractivity contribution in [2.45, 2.75) is 12.3 Å². The maximum absolute atomic E-state index is 13.1. The average molecular weight is 490 g/mol. The summed E-state index contributed by atoms with van der Waals surface area (Å²) in [6.45, 7) is 0.516. The predicted octanol–water partition coefficient (Wildman–Crippen LogP) is 4.75. The van der Waals surface area contributed by atoms with Crippen molar-refractivity contribution in [1.82, 2.24) is 9.97 Å². The van der Waals surface area contributed by atoms with E-state index in [1.165, 1.54) is 0 Å². The lowest BCUT2D eigenvalue weighted by Gasteiger charge is -2.19. The minimum atomic E-state index is -0.694. The number of carbonyl (C=O) groups excluding carboxylic acids is 1. The third-order valence-electron chi connectivity index (χ3n) is 6.15. The van der Waals surface area contributed by atoms with Crippen molar-refractivity contribution < 1.29 is 9.90 Å². The van der Waals surface area contributed by atoms with Gasteiger partial charge in [0.2, 0.25) is 0 Å². The summed E-state index contributed by atoms with van der Waals surface area (Å²) in [6, 6.07) is 20.3. The number of benzene rings is 3. The van der Waals surface area contributed by atoms with Gasteiger partial charge >= 0.3 is 0 Å². The van der Waals surface area contributed by atoms with Crippen LogP contribution in [-0.4, -0.2) is 39.5 Å². The van der Waals surface area contributed by atoms with Crippen LogP contribution in [0.2, 0.25) is 0 Å². The summed E-state index contributed by atoms with van der Waals surface area (Å²) in [5.74, 6) is -1.70. The van der Waals surface area contributed by atoms with E-state index in [4.69, 9.17) is 0 Å². The Morgan fingerprint density at radius 3 is 2.70 bits per heavy atom. The molecule has 0 spiro atoms. The molecule has 0 saturated heterocycles. The highest BCUT2D eigenvalue weighted by Crippen LogP contribution is 2.37. The van der Waals surface area contributed by atoms with Gasteiger partial charge in [0.1, 0.15) is 11.6 Å². The van der Waals surface area contributed by atoms with Crippen LogP contribution in [-0.2, 0) is 0 Å². The van der Waals surface area contributed by atoms with E-state index < -0.39 is 11.8 Å². The van der Waals surface area contributed by atoms with E-state index in [1.54, 1.807) is 43.0 Å². The van der Waals surface area contributed by atoms with Gasteiger partial charge in [0.05, 0.1) is 23.0 Å². The van der Waals surface area contributed by atoms with Crippen LogP contribution >= 0.6 is 0 Å². The number of nitriles is 1. The minimum Gasteiger partial charge on any atom is -0.505 e. The fourth-order valence-corrected chi connectivity index (χ4v) is 4.32. The second-order valence-electron chi connectivity index (χ2n) is 8.47. The minimum absolute atomic E-state index is 0.0926. The monoisotopic (exact) mass is 489 g/mol. The Balaban J connectivity index is 1.57. The van der Waals surface area contributed by atoms with Crippen LogP contribution in [0.5, 0.6) is 5.75 Å². The van der Waals surface area contributed by atoms with Crippen LogP contribution in [0.1, 0.15) is 28.4 Å². The van der Waals surface area contributed by atoms with Gasteiger partial charge in [0, 0.05) is 48.3 Å². The van der Waals surface area contributed by atoms with Crippen LogP contribution in [0.15, 0.2) is 89.3 Å². The molecule has 2 heterocycles. The molecule has 9 nitrogen and oxygen atoms in total. The molecule has 2 atom stereocenters. The Bertz CT molecular complexity index is 1530. The zero-order valence-corrected chi connectivity index (χ0v) is 19.7. The van der Waals surface area contributed by atoms with Gasteiger partial charge in [-0.15, -0.1) is 0 Å². The van der Waals surface area contributed by atoms with E-state index >= 15 is 0 Å². The SMILES string of the molecule is N#CC1C=NCCC(c2cnccn2)/C1=N\Nc1c(O)c(C(=O)Nc2ccccc2)cc2ccccc12. The smallest absolute Gasteiger partial charge is 0.259 e. The number of nitrogens with one attached hydrogen (secondary N) is 2. The number of carbonyl (C=O) groups is 1. The number of hydrogen-bond donors (Lipinski definition) is 3. The quantitative estimate of drug-likeness (QED) is 0.273. The first-order chi connectivity index (χ1) is 18.2. The molecule has 0 fully saturated rings. The molecule has 1 aromatic heterocycles. The molecular weight excluding hydrogens is 466 g/mol. The van der Waals surface area contributed by atoms with Crippen molar-refractivity contribution in [3.8, 4) is 11.8 Å². The lowest BCUT2D eigenvalue weighted by Crippen LogP contribution is -2.24. The molecule has 3 N–H and O–H groups in total. The lowest BCUT2D eigenvalue weighted by atomic mass is 9.89. The fourth-order valence-electron chi connectivity index (χ4n) is 4.32. The van der Waals surface area contributed by atoms with E-state index in [0.717, 1.165) is 5.39 Å². The normalized spacial score (nSPS) is 18.2. The van der Waals surface area contributed by atoms with Crippen LogP contribution < -0.4 is 10.7 Å². The number of nitrogens with zero attached hydrogens (tertiary/aromatic N) is 5.